The largest absolute Gasteiger partial charge is 0.478 e. The van der Waals surface area contributed by atoms with Crippen molar-refractivity contribution in [1.82, 2.24) is 0 Å². The fraction of sp³-hybridized carbons (Fsp3) is 0.375. The van der Waals surface area contributed by atoms with Crippen LogP contribution in [0.3, 0.4) is 0 Å². The third kappa shape index (κ3) is 4.63. The number of anilines is 2. The number of carbonyl (C=O) groups is 2. The van der Waals surface area contributed by atoms with E-state index in [1.54, 1.807) is 0 Å². The molecule has 0 atom stereocenters. The van der Waals surface area contributed by atoms with Crippen molar-refractivity contribution in [3.05, 3.63) is 35.4 Å². The molecule has 0 fully saturated rings. The van der Waals surface area contributed by atoms with Crippen molar-refractivity contribution in [3.8, 4) is 0 Å². The number of hydrogen-bond acceptors (Lipinski definition) is 3. The fourth-order valence-electron chi connectivity index (χ4n) is 2.00. The van der Waals surface area contributed by atoms with Crippen LogP contribution in [-0.4, -0.2) is 30.1 Å². The molecule has 114 valence electrons. The summed E-state index contributed by atoms with van der Waals surface area (Å²) in [6.07, 6.45) is 1.08. The highest BCUT2D eigenvalue weighted by molar-refractivity contribution is 6.04. The van der Waals surface area contributed by atoms with Crippen molar-refractivity contribution < 1.29 is 14.7 Å². The number of carboxylic acids is 1. The lowest BCUT2D eigenvalue weighted by atomic mass is 10.1. The van der Waals surface area contributed by atoms with Gasteiger partial charge in [-0.3, -0.25) is 4.79 Å². The van der Waals surface area contributed by atoms with Gasteiger partial charge >= 0.3 is 5.97 Å². The molecule has 0 radical (unpaired) electrons. The fourth-order valence-corrected chi connectivity index (χ4v) is 2.00. The van der Waals surface area contributed by atoms with Crippen LogP contribution in [0.1, 0.15) is 26.3 Å². The molecular weight excluding hydrogens is 268 g/mol. The molecule has 1 aromatic carbocycles. The Morgan fingerprint density at radius 2 is 1.90 bits per heavy atom. The molecule has 1 aromatic rings. The van der Waals surface area contributed by atoms with Gasteiger partial charge in [-0.2, -0.15) is 0 Å². The second kappa shape index (κ2) is 7.47. The molecule has 0 aromatic heterocycles. The molecule has 1 amide bonds. The lowest BCUT2D eigenvalue weighted by Gasteiger charge is -2.22. The van der Waals surface area contributed by atoms with Gasteiger partial charge in [-0.15, -0.1) is 0 Å². The number of amides is 1. The molecule has 1 rings (SSSR count). The first kappa shape index (κ1) is 16.8. The highest BCUT2D eigenvalue weighted by Crippen LogP contribution is 2.22. The topological polar surface area (TPSA) is 69.6 Å². The summed E-state index contributed by atoms with van der Waals surface area (Å²) in [7, 11) is 0. The molecule has 0 saturated carbocycles. The Morgan fingerprint density at radius 1 is 1.29 bits per heavy atom. The number of benzene rings is 1. The van der Waals surface area contributed by atoms with Crippen molar-refractivity contribution in [1.29, 1.82) is 0 Å². The van der Waals surface area contributed by atoms with Crippen LogP contribution >= 0.6 is 0 Å². The average Bonchev–Trinajstić information content (AvgIpc) is 2.42. The number of rotatable bonds is 6. The summed E-state index contributed by atoms with van der Waals surface area (Å²) in [6.45, 7) is 9.32. The maximum atomic E-state index is 11.7. The zero-order chi connectivity index (χ0) is 16.0. The van der Waals surface area contributed by atoms with Gasteiger partial charge in [0.15, 0.2) is 0 Å². The molecule has 0 spiro atoms. The minimum Gasteiger partial charge on any atom is -0.478 e. The second-order valence-corrected chi connectivity index (χ2v) is 4.79. The SMILES string of the molecule is CCN(CC)c1ccc(NC(=O)/C=C(\C)C(=O)O)c(C)c1. The molecule has 0 unspecified atom stereocenters. The van der Waals surface area contributed by atoms with Crippen molar-refractivity contribution in [2.45, 2.75) is 27.7 Å². The number of aryl methyl sites for hydroxylation is 1. The minimum atomic E-state index is -1.10. The van der Waals surface area contributed by atoms with Crippen LogP contribution in [0, 0.1) is 6.92 Å². The lowest BCUT2D eigenvalue weighted by Crippen LogP contribution is -2.22. The monoisotopic (exact) mass is 290 g/mol. The summed E-state index contributed by atoms with van der Waals surface area (Å²) in [6, 6.07) is 5.80. The van der Waals surface area contributed by atoms with Crippen molar-refractivity contribution in [2.24, 2.45) is 0 Å². The molecule has 5 nitrogen and oxygen atoms in total. The molecule has 5 heteroatoms. The third-order valence-corrected chi connectivity index (χ3v) is 3.28. The number of carbonyl (C=O) groups excluding carboxylic acids is 1. The van der Waals surface area contributed by atoms with Gasteiger partial charge in [-0.1, -0.05) is 0 Å². The summed E-state index contributed by atoms with van der Waals surface area (Å²) in [5.74, 6) is -1.53. The van der Waals surface area contributed by atoms with Gasteiger partial charge in [0.25, 0.3) is 0 Å². The Kier molecular flexibility index (Phi) is 5.96. The summed E-state index contributed by atoms with van der Waals surface area (Å²) >= 11 is 0. The van der Waals surface area contributed by atoms with E-state index in [0.717, 1.165) is 30.4 Å². The van der Waals surface area contributed by atoms with Crippen LogP contribution in [-0.2, 0) is 9.59 Å². The van der Waals surface area contributed by atoms with E-state index in [-0.39, 0.29) is 5.57 Å². The van der Waals surface area contributed by atoms with Gasteiger partial charge < -0.3 is 15.3 Å². The number of nitrogens with one attached hydrogen (secondary N) is 1. The highest BCUT2D eigenvalue weighted by atomic mass is 16.4. The van der Waals surface area contributed by atoms with Gasteiger partial charge in [0.1, 0.15) is 0 Å². The van der Waals surface area contributed by atoms with Crippen molar-refractivity contribution in [2.75, 3.05) is 23.3 Å². The standard InChI is InChI=1S/C16H22N2O3/c1-5-18(6-2)13-7-8-14(11(3)9-13)17-15(19)10-12(4)16(20)21/h7-10H,5-6H2,1-4H3,(H,17,19)(H,20,21)/b12-10+. The van der Waals surface area contributed by atoms with E-state index in [0.29, 0.717) is 5.69 Å². The number of carboxylic acid groups (broad SMARTS) is 1. The Balaban J connectivity index is 2.89. The van der Waals surface area contributed by atoms with Gasteiger partial charge in [0.2, 0.25) is 5.91 Å². The maximum absolute atomic E-state index is 11.7. The maximum Gasteiger partial charge on any atom is 0.331 e. The molecule has 0 aliphatic rings. The van der Waals surface area contributed by atoms with Crippen LogP contribution in [0.15, 0.2) is 29.8 Å². The highest BCUT2D eigenvalue weighted by Gasteiger charge is 2.08. The van der Waals surface area contributed by atoms with Gasteiger partial charge in [-0.25, -0.2) is 4.79 Å². The molecule has 0 bridgehead atoms. The molecule has 0 aliphatic carbocycles. The van der Waals surface area contributed by atoms with Crippen LogP contribution in [0.4, 0.5) is 11.4 Å². The lowest BCUT2D eigenvalue weighted by molar-refractivity contribution is -0.132. The quantitative estimate of drug-likeness (QED) is 0.790. The molecular formula is C16H22N2O3. The average molecular weight is 290 g/mol. The first-order valence-corrected chi connectivity index (χ1v) is 6.97. The van der Waals surface area contributed by atoms with Gasteiger partial charge in [-0.05, 0) is 51.5 Å². The first-order chi connectivity index (χ1) is 9.88. The number of hydrogen-bond donors (Lipinski definition) is 2. The van der Waals surface area contributed by atoms with E-state index in [1.165, 1.54) is 6.92 Å². The second-order valence-electron chi connectivity index (χ2n) is 4.79. The molecule has 0 aliphatic heterocycles. The van der Waals surface area contributed by atoms with Crippen LogP contribution in [0.2, 0.25) is 0 Å². The van der Waals surface area contributed by atoms with Gasteiger partial charge in [0, 0.05) is 36.1 Å². The Hall–Kier alpha value is -2.30. The molecule has 0 saturated heterocycles. The molecule has 21 heavy (non-hydrogen) atoms. The van der Waals surface area contributed by atoms with Crippen molar-refractivity contribution in [3.63, 3.8) is 0 Å². The van der Waals surface area contributed by atoms with E-state index in [4.69, 9.17) is 5.11 Å². The third-order valence-electron chi connectivity index (χ3n) is 3.28. The smallest absolute Gasteiger partial charge is 0.331 e. The normalized spacial score (nSPS) is 11.1. The summed E-state index contributed by atoms with van der Waals surface area (Å²) < 4.78 is 0. The van der Waals surface area contributed by atoms with E-state index in [1.807, 2.05) is 25.1 Å². The predicted octanol–water partition coefficient (Wildman–Crippen LogP) is 2.81. The predicted molar refractivity (Wildman–Crippen MR) is 84.8 cm³/mol. The zero-order valence-electron chi connectivity index (χ0n) is 12.9. The van der Waals surface area contributed by atoms with E-state index < -0.39 is 11.9 Å². The van der Waals surface area contributed by atoms with E-state index >= 15 is 0 Å². The molecule has 0 heterocycles. The van der Waals surface area contributed by atoms with Gasteiger partial charge in [0.05, 0.1) is 0 Å². The van der Waals surface area contributed by atoms with E-state index in [9.17, 15) is 9.59 Å². The zero-order valence-corrected chi connectivity index (χ0v) is 12.9. The summed E-state index contributed by atoms with van der Waals surface area (Å²) in [5, 5.41) is 11.5. The van der Waals surface area contributed by atoms with Crippen LogP contribution in [0.25, 0.3) is 0 Å². The van der Waals surface area contributed by atoms with E-state index in [2.05, 4.69) is 24.1 Å². The van der Waals surface area contributed by atoms with Crippen LogP contribution < -0.4 is 10.2 Å². The summed E-state index contributed by atoms with van der Waals surface area (Å²) in [4.78, 5) is 24.7. The minimum absolute atomic E-state index is 0.00455. The number of aliphatic carboxylic acids is 1. The Labute approximate surface area is 125 Å². The number of nitrogens with zero attached hydrogens (tertiary/aromatic N) is 1. The Morgan fingerprint density at radius 3 is 2.38 bits per heavy atom. The Bertz CT molecular complexity index is 561. The van der Waals surface area contributed by atoms with Crippen LogP contribution in [0.5, 0.6) is 0 Å². The summed E-state index contributed by atoms with van der Waals surface area (Å²) in [5.41, 5.74) is 2.73. The first-order valence-electron chi connectivity index (χ1n) is 6.97. The molecule has 2 N–H and O–H groups in total. The van der Waals surface area contributed by atoms with Crippen molar-refractivity contribution >= 4 is 23.3 Å².